The predicted octanol–water partition coefficient (Wildman–Crippen LogP) is 3.77. The maximum Gasteiger partial charge on any atom is 0.335 e. The normalized spacial score (nSPS) is 15.9. The van der Waals surface area contributed by atoms with Gasteiger partial charge in [0.05, 0.1) is 11.3 Å². The van der Waals surface area contributed by atoms with Gasteiger partial charge in [0, 0.05) is 18.1 Å². The highest BCUT2D eigenvalue weighted by molar-refractivity contribution is 9.10. The van der Waals surface area contributed by atoms with E-state index in [-0.39, 0.29) is 0 Å². The summed E-state index contributed by atoms with van der Waals surface area (Å²) in [6.07, 6.45) is 5.32. The second kappa shape index (κ2) is 5.74. The molecule has 1 N–H and O–H groups in total. The molecule has 0 unspecified atom stereocenters. The summed E-state index contributed by atoms with van der Waals surface area (Å²) in [5.74, 6) is -0.109. The van der Waals surface area contributed by atoms with Gasteiger partial charge in [-0.25, -0.2) is 4.79 Å². The van der Waals surface area contributed by atoms with Crippen molar-refractivity contribution >= 4 is 27.6 Å². The molecule has 0 aromatic heterocycles. The standard InChI is InChI=1S/C14H18BrNO2/c1-16(9-10-4-2-3-5-10)13-7-6-11(14(17)18)8-12(13)15/h6-8,10H,2-5,9H2,1H3,(H,17,18). The van der Waals surface area contributed by atoms with Crippen molar-refractivity contribution in [2.45, 2.75) is 25.7 Å². The van der Waals surface area contributed by atoms with Crippen LogP contribution in [0.5, 0.6) is 0 Å². The highest BCUT2D eigenvalue weighted by Gasteiger charge is 2.18. The van der Waals surface area contributed by atoms with Crippen molar-refractivity contribution in [2.75, 3.05) is 18.5 Å². The fourth-order valence-electron chi connectivity index (χ4n) is 2.63. The van der Waals surface area contributed by atoms with Gasteiger partial charge < -0.3 is 10.0 Å². The molecule has 0 saturated heterocycles. The molecule has 98 valence electrons. The molecule has 4 heteroatoms. The summed E-state index contributed by atoms with van der Waals surface area (Å²) in [5.41, 5.74) is 1.38. The van der Waals surface area contributed by atoms with Gasteiger partial charge >= 0.3 is 5.97 Å². The van der Waals surface area contributed by atoms with Crippen LogP contribution in [0.3, 0.4) is 0 Å². The average molecular weight is 312 g/mol. The van der Waals surface area contributed by atoms with E-state index >= 15 is 0 Å². The molecule has 0 radical (unpaired) electrons. The van der Waals surface area contributed by atoms with Crippen LogP contribution in [0, 0.1) is 5.92 Å². The summed E-state index contributed by atoms with van der Waals surface area (Å²) in [4.78, 5) is 13.1. The van der Waals surface area contributed by atoms with Gasteiger partial charge in [0.1, 0.15) is 0 Å². The van der Waals surface area contributed by atoms with Crippen molar-refractivity contribution in [3.63, 3.8) is 0 Å². The number of benzene rings is 1. The van der Waals surface area contributed by atoms with Gasteiger partial charge in [-0.15, -0.1) is 0 Å². The van der Waals surface area contributed by atoms with Crippen LogP contribution in [0.25, 0.3) is 0 Å². The van der Waals surface area contributed by atoms with Crippen LogP contribution in [0.4, 0.5) is 5.69 Å². The van der Waals surface area contributed by atoms with Gasteiger partial charge in [-0.2, -0.15) is 0 Å². The third kappa shape index (κ3) is 3.05. The molecule has 0 heterocycles. The lowest BCUT2D eigenvalue weighted by molar-refractivity contribution is 0.0697. The SMILES string of the molecule is CN(CC1CCCC1)c1ccc(C(=O)O)cc1Br. The minimum absolute atomic E-state index is 0.319. The average Bonchev–Trinajstić information content (AvgIpc) is 2.81. The molecule has 1 aliphatic carbocycles. The summed E-state index contributed by atoms with van der Waals surface area (Å²) in [5, 5.41) is 8.93. The molecular weight excluding hydrogens is 294 g/mol. The Hall–Kier alpha value is -1.03. The first kappa shape index (κ1) is 13.4. The molecule has 18 heavy (non-hydrogen) atoms. The molecule has 0 amide bonds. The van der Waals surface area contributed by atoms with Gasteiger partial charge in [-0.05, 0) is 52.9 Å². The van der Waals surface area contributed by atoms with Crippen LogP contribution in [-0.4, -0.2) is 24.7 Å². The number of hydrogen-bond donors (Lipinski definition) is 1. The van der Waals surface area contributed by atoms with Gasteiger partial charge in [0.15, 0.2) is 0 Å². The van der Waals surface area contributed by atoms with Crippen molar-refractivity contribution in [3.05, 3.63) is 28.2 Å². The van der Waals surface area contributed by atoms with Crippen LogP contribution < -0.4 is 4.90 Å². The number of aromatic carboxylic acids is 1. The van der Waals surface area contributed by atoms with Crippen LogP contribution in [0.15, 0.2) is 22.7 Å². The van der Waals surface area contributed by atoms with Crippen molar-refractivity contribution < 1.29 is 9.90 Å². The summed E-state index contributed by atoms with van der Waals surface area (Å²) in [7, 11) is 2.07. The van der Waals surface area contributed by atoms with Crippen molar-refractivity contribution in [2.24, 2.45) is 5.92 Å². The monoisotopic (exact) mass is 311 g/mol. The van der Waals surface area contributed by atoms with E-state index in [4.69, 9.17) is 5.11 Å². The Morgan fingerprint density at radius 1 is 1.44 bits per heavy atom. The fraction of sp³-hybridized carbons (Fsp3) is 0.500. The third-order valence-corrected chi connectivity index (χ3v) is 4.25. The number of rotatable bonds is 4. The van der Waals surface area contributed by atoms with E-state index < -0.39 is 5.97 Å². The number of carbonyl (C=O) groups is 1. The molecule has 1 aliphatic rings. The lowest BCUT2D eigenvalue weighted by Crippen LogP contribution is -2.24. The molecule has 0 spiro atoms. The van der Waals surface area contributed by atoms with Crippen LogP contribution >= 0.6 is 15.9 Å². The van der Waals surface area contributed by atoms with Crippen molar-refractivity contribution in [3.8, 4) is 0 Å². The zero-order valence-electron chi connectivity index (χ0n) is 10.5. The van der Waals surface area contributed by atoms with E-state index in [0.29, 0.717) is 5.56 Å². The largest absolute Gasteiger partial charge is 0.478 e. The predicted molar refractivity (Wildman–Crippen MR) is 76.3 cm³/mol. The van der Waals surface area contributed by atoms with Gasteiger partial charge in [0.2, 0.25) is 0 Å². The Morgan fingerprint density at radius 3 is 2.67 bits per heavy atom. The zero-order valence-corrected chi connectivity index (χ0v) is 12.1. The second-order valence-electron chi connectivity index (χ2n) is 5.00. The van der Waals surface area contributed by atoms with E-state index in [1.54, 1.807) is 12.1 Å². The smallest absolute Gasteiger partial charge is 0.335 e. The summed E-state index contributed by atoms with van der Waals surface area (Å²) < 4.78 is 0.850. The molecule has 2 rings (SSSR count). The first-order chi connectivity index (χ1) is 8.58. The van der Waals surface area contributed by atoms with Crippen LogP contribution in [-0.2, 0) is 0 Å². The third-order valence-electron chi connectivity index (χ3n) is 3.61. The van der Waals surface area contributed by atoms with E-state index in [2.05, 4.69) is 27.9 Å². The Balaban J connectivity index is 2.09. The Morgan fingerprint density at radius 2 is 2.11 bits per heavy atom. The number of hydrogen-bond acceptors (Lipinski definition) is 2. The van der Waals surface area contributed by atoms with Crippen LogP contribution in [0.1, 0.15) is 36.0 Å². The number of nitrogens with zero attached hydrogens (tertiary/aromatic N) is 1. The summed E-state index contributed by atoms with van der Waals surface area (Å²) in [6.45, 7) is 1.05. The first-order valence-electron chi connectivity index (χ1n) is 6.32. The van der Waals surface area contributed by atoms with Gasteiger partial charge in [-0.1, -0.05) is 12.8 Å². The second-order valence-corrected chi connectivity index (χ2v) is 5.86. The van der Waals surface area contributed by atoms with E-state index in [1.807, 2.05) is 6.07 Å². The van der Waals surface area contributed by atoms with Gasteiger partial charge in [-0.3, -0.25) is 0 Å². The number of carboxylic acid groups (broad SMARTS) is 1. The first-order valence-corrected chi connectivity index (χ1v) is 7.11. The number of carboxylic acids is 1. The minimum atomic E-state index is -0.888. The maximum atomic E-state index is 10.9. The van der Waals surface area contributed by atoms with Crippen LogP contribution in [0.2, 0.25) is 0 Å². The number of anilines is 1. The fourth-order valence-corrected chi connectivity index (χ4v) is 3.31. The molecule has 0 bridgehead atoms. The van der Waals surface area contributed by atoms with Gasteiger partial charge in [0.25, 0.3) is 0 Å². The zero-order chi connectivity index (χ0) is 13.1. The minimum Gasteiger partial charge on any atom is -0.478 e. The quantitative estimate of drug-likeness (QED) is 0.920. The van der Waals surface area contributed by atoms with E-state index in [1.165, 1.54) is 25.7 Å². The highest BCUT2D eigenvalue weighted by Crippen LogP contribution is 2.30. The number of halogens is 1. The molecule has 0 aliphatic heterocycles. The Kier molecular flexibility index (Phi) is 4.27. The molecule has 3 nitrogen and oxygen atoms in total. The highest BCUT2D eigenvalue weighted by atomic mass is 79.9. The Labute approximate surface area is 116 Å². The lowest BCUT2D eigenvalue weighted by Gasteiger charge is -2.24. The lowest BCUT2D eigenvalue weighted by atomic mass is 10.1. The summed E-state index contributed by atoms with van der Waals surface area (Å²) >= 11 is 3.46. The van der Waals surface area contributed by atoms with Crippen molar-refractivity contribution in [1.29, 1.82) is 0 Å². The van der Waals surface area contributed by atoms with E-state index in [0.717, 1.165) is 22.6 Å². The van der Waals surface area contributed by atoms with Crippen molar-refractivity contribution in [1.82, 2.24) is 0 Å². The summed E-state index contributed by atoms with van der Waals surface area (Å²) in [6, 6.07) is 5.21. The maximum absolute atomic E-state index is 10.9. The molecule has 0 atom stereocenters. The Bertz CT molecular complexity index is 441. The topological polar surface area (TPSA) is 40.5 Å². The molecule has 1 saturated carbocycles. The molecule has 1 fully saturated rings. The molecule has 1 aromatic carbocycles. The van der Waals surface area contributed by atoms with E-state index in [9.17, 15) is 4.79 Å². The molecular formula is C14H18BrNO2. The molecule has 1 aromatic rings.